The molecule has 0 N–H and O–H groups in total. The van der Waals surface area contributed by atoms with E-state index in [1.165, 1.54) is 11.8 Å². The van der Waals surface area contributed by atoms with Crippen molar-refractivity contribution in [3.63, 3.8) is 0 Å². The van der Waals surface area contributed by atoms with Gasteiger partial charge in [-0.15, -0.1) is 5.10 Å². The normalized spacial score (nSPS) is 12.0. The fraction of sp³-hybridized carbons (Fsp3) is 0.263. The maximum Gasteiger partial charge on any atom is 0.214 e. The molecule has 0 aliphatic rings. The molecule has 1 aromatic heterocycles. The van der Waals surface area contributed by atoms with Crippen LogP contribution in [0, 0.1) is 13.8 Å². The maximum absolute atomic E-state index is 12.7. The van der Waals surface area contributed by atoms with E-state index in [4.69, 9.17) is 4.74 Å². The Balaban J connectivity index is 1.82. The molecule has 0 unspecified atom stereocenters. The molecule has 3 rings (SSSR count). The summed E-state index contributed by atoms with van der Waals surface area (Å²) in [7, 11) is 1.60. The zero-order valence-electron chi connectivity index (χ0n) is 15.1. The number of carbonyl (C=O) groups excluding carboxylic acids is 1. The van der Waals surface area contributed by atoms with E-state index in [0.29, 0.717) is 10.7 Å². The fourth-order valence-corrected chi connectivity index (χ4v) is 3.43. The first-order valence-electron chi connectivity index (χ1n) is 8.20. The second-order valence-electron chi connectivity index (χ2n) is 6.02. The molecule has 134 valence electrons. The van der Waals surface area contributed by atoms with E-state index in [1.807, 2.05) is 39.0 Å². The average molecular weight is 368 g/mol. The van der Waals surface area contributed by atoms with E-state index >= 15 is 0 Å². The van der Waals surface area contributed by atoms with Gasteiger partial charge in [0.1, 0.15) is 5.75 Å². The maximum atomic E-state index is 12.7. The van der Waals surface area contributed by atoms with Crippen LogP contribution in [0.3, 0.4) is 0 Å². The van der Waals surface area contributed by atoms with Crippen molar-refractivity contribution >= 4 is 17.5 Å². The fourth-order valence-electron chi connectivity index (χ4n) is 2.55. The highest BCUT2D eigenvalue weighted by molar-refractivity contribution is 8.00. The third kappa shape index (κ3) is 3.77. The van der Waals surface area contributed by atoms with Crippen LogP contribution in [0.5, 0.6) is 5.75 Å². The lowest BCUT2D eigenvalue weighted by atomic mass is 10.1. The molecule has 0 amide bonds. The van der Waals surface area contributed by atoms with Crippen molar-refractivity contribution in [2.75, 3.05) is 7.11 Å². The highest BCUT2D eigenvalue weighted by atomic mass is 32.2. The number of Topliss-reactive ketones (excluding diaryl/α,β-unsaturated/α-hetero) is 1. The number of rotatable bonds is 6. The minimum Gasteiger partial charge on any atom is -0.497 e. The van der Waals surface area contributed by atoms with Gasteiger partial charge >= 0.3 is 0 Å². The predicted octanol–water partition coefficient (Wildman–Crippen LogP) is 3.65. The van der Waals surface area contributed by atoms with Gasteiger partial charge in [0.25, 0.3) is 0 Å². The Kier molecular flexibility index (Phi) is 5.37. The van der Waals surface area contributed by atoms with Crippen molar-refractivity contribution in [1.82, 2.24) is 20.2 Å². The minimum absolute atomic E-state index is 0.0215. The number of tetrazole rings is 1. The molecule has 0 aliphatic carbocycles. The third-order valence-electron chi connectivity index (χ3n) is 4.06. The molecule has 3 aromatic rings. The second kappa shape index (κ2) is 7.70. The van der Waals surface area contributed by atoms with Crippen molar-refractivity contribution < 1.29 is 9.53 Å². The Morgan fingerprint density at radius 1 is 1.15 bits per heavy atom. The molecule has 0 bridgehead atoms. The van der Waals surface area contributed by atoms with Gasteiger partial charge in [-0.3, -0.25) is 4.79 Å². The number of ketones is 1. The van der Waals surface area contributed by atoms with Crippen LogP contribution in [0.2, 0.25) is 0 Å². The lowest BCUT2D eigenvalue weighted by molar-refractivity contribution is 0.0994. The molecule has 0 saturated carbocycles. The highest BCUT2D eigenvalue weighted by Gasteiger charge is 2.21. The molecule has 0 radical (unpaired) electrons. The largest absolute Gasteiger partial charge is 0.497 e. The van der Waals surface area contributed by atoms with Crippen molar-refractivity contribution in [1.29, 1.82) is 0 Å². The van der Waals surface area contributed by atoms with Crippen molar-refractivity contribution in [2.24, 2.45) is 0 Å². The van der Waals surface area contributed by atoms with Crippen LogP contribution in [0.15, 0.2) is 47.6 Å². The van der Waals surface area contributed by atoms with Crippen LogP contribution >= 0.6 is 11.8 Å². The van der Waals surface area contributed by atoms with Crippen LogP contribution < -0.4 is 4.74 Å². The van der Waals surface area contributed by atoms with Crippen molar-refractivity contribution in [3.05, 3.63) is 59.2 Å². The number of ether oxygens (including phenoxy) is 1. The van der Waals surface area contributed by atoms with Crippen LogP contribution in [-0.4, -0.2) is 38.4 Å². The van der Waals surface area contributed by atoms with Gasteiger partial charge in [-0.2, -0.15) is 4.68 Å². The molecule has 6 nitrogen and oxygen atoms in total. The summed E-state index contributed by atoms with van der Waals surface area (Å²) < 4.78 is 6.82. The van der Waals surface area contributed by atoms with Crippen molar-refractivity contribution in [2.45, 2.75) is 31.2 Å². The summed E-state index contributed by atoms with van der Waals surface area (Å²) in [6, 6.07) is 13.2. The lowest BCUT2D eigenvalue weighted by Gasteiger charge is -2.12. The van der Waals surface area contributed by atoms with Crippen LogP contribution in [0.25, 0.3) is 5.69 Å². The zero-order chi connectivity index (χ0) is 18.7. The molecule has 0 fully saturated rings. The average Bonchev–Trinajstić information content (AvgIpc) is 3.11. The number of benzene rings is 2. The van der Waals surface area contributed by atoms with Gasteiger partial charge in [0.2, 0.25) is 5.16 Å². The Morgan fingerprint density at radius 2 is 1.88 bits per heavy atom. The second-order valence-corrected chi connectivity index (χ2v) is 7.32. The number of methoxy groups -OCH3 is 1. The third-order valence-corrected chi connectivity index (χ3v) is 5.09. The number of thioether (sulfide) groups is 1. The lowest BCUT2D eigenvalue weighted by Crippen LogP contribution is -2.15. The van der Waals surface area contributed by atoms with Crippen LogP contribution in [0.1, 0.15) is 28.4 Å². The SMILES string of the molecule is COc1ccc(C(=O)[C@H](C)Sc2nnnn2-c2cc(C)ccc2C)cc1. The quantitative estimate of drug-likeness (QED) is 0.489. The number of hydrogen-bond donors (Lipinski definition) is 0. The monoisotopic (exact) mass is 368 g/mol. The summed E-state index contributed by atoms with van der Waals surface area (Å²) in [6.45, 7) is 5.89. The molecule has 2 aromatic carbocycles. The Hall–Kier alpha value is -2.67. The summed E-state index contributed by atoms with van der Waals surface area (Å²) in [5.74, 6) is 0.744. The first-order chi connectivity index (χ1) is 12.5. The minimum atomic E-state index is -0.321. The van der Waals surface area contributed by atoms with Gasteiger partial charge in [-0.05, 0) is 72.7 Å². The summed E-state index contributed by atoms with van der Waals surface area (Å²) in [6.07, 6.45) is 0. The number of aryl methyl sites for hydroxylation is 2. The molecular formula is C19H20N4O2S. The van der Waals surface area contributed by atoms with E-state index in [2.05, 4.69) is 15.5 Å². The number of aromatic nitrogens is 4. The van der Waals surface area contributed by atoms with E-state index < -0.39 is 0 Å². The first-order valence-corrected chi connectivity index (χ1v) is 9.08. The van der Waals surface area contributed by atoms with E-state index in [0.717, 1.165) is 22.6 Å². The molecule has 0 saturated heterocycles. The number of carbonyl (C=O) groups is 1. The Bertz CT molecular complexity index is 922. The number of nitrogens with zero attached hydrogens (tertiary/aromatic N) is 4. The zero-order valence-corrected chi connectivity index (χ0v) is 15.9. The van der Waals surface area contributed by atoms with Gasteiger partial charge in [-0.1, -0.05) is 23.9 Å². The van der Waals surface area contributed by atoms with E-state index in [-0.39, 0.29) is 11.0 Å². The smallest absolute Gasteiger partial charge is 0.214 e. The summed E-state index contributed by atoms with van der Waals surface area (Å²) in [5.41, 5.74) is 3.75. The Labute approximate surface area is 156 Å². The summed E-state index contributed by atoms with van der Waals surface area (Å²) >= 11 is 1.35. The van der Waals surface area contributed by atoms with Crippen LogP contribution in [-0.2, 0) is 0 Å². The van der Waals surface area contributed by atoms with Crippen molar-refractivity contribution in [3.8, 4) is 11.4 Å². The summed E-state index contributed by atoms with van der Waals surface area (Å²) in [4.78, 5) is 12.7. The first kappa shape index (κ1) is 18.1. The van der Waals surface area contributed by atoms with Crippen LogP contribution in [0.4, 0.5) is 0 Å². The van der Waals surface area contributed by atoms with Gasteiger partial charge in [0.15, 0.2) is 5.78 Å². The predicted molar refractivity (Wildman–Crippen MR) is 101 cm³/mol. The van der Waals surface area contributed by atoms with Gasteiger partial charge in [0.05, 0.1) is 18.0 Å². The molecule has 7 heteroatoms. The molecule has 0 spiro atoms. The number of hydrogen-bond acceptors (Lipinski definition) is 6. The van der Waals surface area contributed by atoms with Gasteiger partial charge < -0.3 is 4.74 Å². The highest BCUT2D eigenvalue weighted by Crippen LogP contribution is 2.27. The Morgan fingerprint density at radius 3 is 2.58 bits per heavy atom. The molecule has 1 heterocycles. The topological polar surface area (TPSA) is 69.9 Å². The van der Waals surface area contributed by atoms with E-state index in [1.54, 1.807) is 36.1 Å². The molecular weight excluding hydrogens is 348 g/mol. The van der Waals surface area contributed by atoms with Gasteiger partial charge in [-0.25, -0.2) is 0 Å². The molecule has 1 atom stereocenters. The summed E-state index contributed by atoms with van der Waals surface area (Å²) in [5, 5.41) is 12.3. The van der Waals surface area contributed by atoms with Gasteiger partial charge in [0, 0.05) is 5.56 Å². The standard InChI is InChI=1S/C19H20N4O2S/c1-12-5-6-13(2)17(11-12)23-19(20-21-22-23)26-14(3)18(24)15-7-9-16(25-4)10-8-15/h5-11,14H,1-4H3/t14-/m0/s1. The molecule has 26 heavy (non-hydrogen) atoms. The van der Waals surface area contributed by atoms with E-state index in [9.17, 15) is 4.79 Å². The molecule has 0 aliphatic heterocycles.